The molecular formula is C18H23FN2O3. The molecule has 0 aliphatic carbocycles. The van der Waals surface area contributed by atoms with E-state index in [1.165, 1.54) is 25.3 Å². The summed E-state index contributed by atoms with van der Waals surface area (Å²) in [7, 11) is 1.47. The molecule has 2 atom stereocenters. The molecule has 0 saturated carbocycles. The molecule has 24 heavy (non-hydrogen) atoms. The number of hydrogen-bond acceptors (Lipinski definition) is 3. The lowest BCUT2D eigenvalue weighted by atomic mass is 9.81. The molecule has 2 saturated heterocycles. The van der Waals surface area contributed by atoms with Gasteiger partial charge in [0.1, 0.15) is 11.6 Å². The SMILES string of the molecule is COc1ccc(F)cc1C(=O)N1CCCC[C@]2(C)NC(=O)CC[C@H]12. The molecule has 0 unspecified atom stereocenters. The van der Waals surface area contributed by atoms with Crippen molar-refractivity contribution in [2.75, 3.05) is 13.7 Å². The second kappa shape index (κ2) is 6.42. The minimum Gasteiger partial charge on any atom is -0.496 e. The summed E-state index contributed by atoms with van der Waals surface area (Å²) in [6, 6.07) is 3.90. The Labute approximate surface area is 141 Å². The van der Waals surface area contributed by atoms with Crippen LogP contribution in [0.2, 0.25) is 0 Å². The van der Waals surface area contributed by atoms with Crippen LogP contribution in [0.25, 0.3) is 0 Å². The number of halogens is 1. The molecule has 0 bridgehead atoms. The van der Waals surface area contributed by atoms with Crippen LogP contribution >= 0.6 is 0 Å². The fraction of sp³-hybridized carbons (Fsp3) is 0.556. The van der Waals surface area contributed by atoms with Gasteiger partial charge in [-0.05, 0) is 50.8 Å². The Balaban J connectivity index is 1.96. The number of ether oxygens (including phenoxy) is 1. The predicted octanol–water partition coefficient (Wildman–Crippen LogP) is 2.50. The van der Waals surface area contributed by atoms with E-state index in [1.807, 2.05) is 6.92 Å². The summed E-state index contributed by atoms with van der Waals surface area (Å²) in [4.78, 5) is 26.8. The molecule has 130 valence electrons. The van der Waals surface area contributed by atoms with E-state index >= 15 is 0 Å². The zero-order valence-corrected chi connectivity index (χ0v) is 14.1. The minimum absolute atomic E-state index is 0.0337. The number of fused-ring (bicyclic) bond motifs is 1. The fourth-order valence-electron chi connectivity index (χ4n) is 3.95. The Bertz CT molecular complexity index is 664. The lowest BCUT2D eigenvalue weighted by molar-refractivity contribution is -0.126. The Morgan fingerprint density at radius 2 is 2.21 bits per heavy atom. The largest absolute Gasteiger partial charge is 0.496 e. The maximum absolute atomic E-state index is 13.7. The molecule has 0 aromatic heterocycles. The third-order valence-electron chi connectivity index (χ3n) is 5.18. The Kier molecular flexibility index (Phi) is 4.47. The van der Waals surface area contributed by atoms with E-state index < -0.39 is 11.4 Å². The van der Waals surface area contributed by atoms with Gasteiger partial charge in [-0.2, -0.15) is 0 Å². The Morgan fingerprint density at radius 3 is 2.96 bits per heavy atom. The van der Waals surface area contributed by atoms with Crippen LogP contribution in [0.15, 0.2) is 18.2 Å². The maximum Gasteiger partial charge on any atom is 0.258 e. The van der Waals surface area contributed by atoms with Gasteiger partial charge in [-0.3, -0.25) is 9.59 Å². The van der Waals surface area contributed by atoms with Gasteiger partial charge in [-0.15, -0.1) is 0 Å². The molecule has 2 amide bonds. The zero-order chi connectivity index (χ0) is 17.3. The van der Waals surface area contributed by atoms with Crippen LogP contribution < -0.4 is 10.1 Å². The molecule has 0 spiro atoms. The van der Waals surface area contributed by atoms with Gasteiger partial charge < -0.3 is 15.0 Å². The van der Waals surface area contributed by atoms with Gasteiger partial charge in [0.15, 0.2) is 0 Å². The van der Waals surface area contributed by atoms with Gasteiger partial charge in [0.05, 0.1) is 24.3 Å². The number of piperidine rings is 1. The number of methoxy groups -OCH3 is 1. The van der Waals surface area contributed by atoms with Crippen LogP contribution in [0.1, 0.15) is 49.4 Å². The van der Waals surface area contributed by atoms with E-state index in [0.29, 0.717) is 25.1 Å². The average Bonchev–Trinajstić information content (AvgIpc) is 2.72. The van der Waals surface area contributed by atoms with Crippen LogP contribution in [-0.4, -0.2) is 41.9 Å². The van der Waals surface area contributed by atoms with Crippen LogP contribution in [0, 0.1) is 5.82 Å². The summed E-state index contributed by atoms with van der Waals surface area (Å²) in [5.74, 6) is -0.298. The van der Waals surface area contributed by atoms with Crippen molar-refractivity contribution in [2.24, 2.45) is 0 Å². The van der Waals surface area contributed by atoms with Crippen LogP contribution in [0.3, 0.4) is 0 Å². The van der Waals surface area contributed by atoms with Crippen molar-refractivity contribution in [3.63, 3.8) is 0 Å². The summed E-state index contributed by atoms with van der Waals surface area (Å²) in [6.07, 6.45) is 3.69. The van der Waals surface area contributed by atoms with Gasteiger partial charge in [-0.1, -0.05) is 0 Å². The Hall–Kier alpha value is -2.11. The lowest BCUT2D eigenvalue weighted by Gasteiger charge is -2.46. The van der Waals surface area contributed by atoms with Gasteiger partial charge in [0, 0.05) is 13.0 Å². The lowest BCUT2D eigenvalue weighted by Crippen LogP contribution is -2.63. The van der Waals surface area contributed by atoms with E-state index in [4.69, 9.17) is 4.74 Å². The Morgan fingerprint density at radius 1 is 1.42 bits per heavy atom. The molecule has 6 heteroatoms. The number of benzene rings is 1. The molecule has 0 radical (unpaired) electrons. The number of rotatable bonds is 2. The van der Waals surface area contributed by atoms with Crippen LogP contribution in [0.5, 0.6) is 5.75 Å². The van der Waals surface area contributed by atoms with Gasteiger partial charge >= 0.3 is 0 Å². The standard InChI is InChI=1S/C18H23FN2O3/c1-18-9-3-4-10-21(15(18)7-8-16(22)20-18)17(23)13-11-12(19)5-6-14(13)24-2/h5-6,11,15H,3-4,7-10H2,1-2H3,(H,20,22)/t15-,18-/m0/s1. The maximum atomic E-state index is 13.7. The van der Waals surface area contributed by atoms with Crippen molar-refractivity contribution in [3.05, 3.63) is 29.6 Å². The quantitative estimate of drug-likeness (QED) is 0.904. The first kappa shape index (κ1) is 16.7. The van der Waals surface area contributed by atoms with Crippen LogP contribution in [0.4, 0.5) is 4.39 Å². The van der Waals surface area contributed by atoms with E-state index in [-0.39, 0.29) is 23.4 Å². The number of carbonyl (C=O) groups is 2. The van der Waals surface area contributed by atoms with Gasteiger partial charge in [0.25, 0.3) is 5.91 Å². The second-order valence-corrected chi connectivity index (χ2v) is 6.82. The monoisotopic (exact) mass is 334 g/mol. The molecule has 3 rings (SSSR count). The zero-order valence-electron chi connectivity index (χ0n) is 14.1. The normalized spacial score (nSPS) is 27.0. The predicted molar refractivity (Wildman–Crippen MR) is 87.4 cm³/mol. The van der Waals surface area contributed by atoms with E-state index in [9.17, 15) is 14.0 Å². The van der Waals surface area contributed by atoms with Crippen molar-refractivity contribution < 1.29 is 18.7 Å². The van der Waals surface area contributed by atoms with Crippen molar-refractivity contribution in [1.29, 1.82) is 0 Å². The first-order chi connectivity index (χ1) is 11.4. The van der Waals surface area contributed by atoms with E-state index in [2.05, 4.69) is 5.32 Å². The molecule has 1 N–H and O–H groups in total. The highest BCUT2D eigenvalue weighted by molar-refractivity contribution is 5.97. The van der Waals surface area contributed by atoms with E-state index in [0.717, 1.165) is 19.3 Å². The third kappa shape index (κ3) is 2.97. The van der Waals surface area contributed by atoms with Gasteiger partial charge in [-0.25, -0.2) is 4.39 Å². The number of hydrogen-bond donors (Lipinski definition) is 1. The molecular weight excluding hydrogens is 311 g/mol. The highest BCUT2D eigenvalue weighted by Crippen LogP contribution is 2.34. The summed E-state index contributed by atoms with van der Waals surface area (Å²) < 4.78 is 18.9. The van der Waals surface area contributed by atoms with Crippen molar-refractivity contribution in [1.82, 2.24) is 10.2 Å². The summed E-state index contributed by atoms with van der Waals surface area (Å²) >= 11 is 0. The highest BCUT2D eigenvalue weighted by Gasteiger charge is 2.45. The molecule has 2 aliphatic heterocycles. The fourth-order valence-corrected chi connectivity index (χ4v) is 3.95. The minimum atomic E-state index is -0.464. The number of likely N-dealkylation sites (tertiary alicyclic amines) is 1. The molecule has 1 aromatic carbocycles. The molecule has 2 fully saturated rings. The summed E-state index contributed by atoms with van der Waals surface area (Å²) in [6.45, 7) is 2.61. The second-order valence-electron chi connectivity index (χ2n) is 6.82. The number of amides is 2. The molecule has 5 nitrogen and oxygen atoms in total. The van der Waals surface area contributed by atoms with Gasteiger partial charge in [0.2, 0.25) is 5.91 Å². The number of nitrogens with zero attached hydrogens (tertiary/aromatic N) is 1. The summed E-state index contributed by atoms with van der Waals surface area (Å²) in [5.41, 5.74) is -0.194. The molecule has 1 aromatic rings. The van der Waals surface area contributed by atoms with Crippen LogP contribution in [-0.2, 0) is 4.79 Å². The third-order valence-corrected chi connectivity index (χ3v) is 5.18. The molecule has 2 aliphatic rings. The average molecular weight is 334 g/mol. The summed E-state index contributed by atoms with van der Waals surface area (Å²) in [5, 5.41) is 3.07. The van der Waals surface area contributed by atoms with E-state index in [1.54, 1.807) is 4.90 Å². The van der Waals surface area contributed by atoms with Crippen molar-refractivity contribution in [2.45, 2.75) is 50.6 Å². The molecule has 2 heterocycles. The number of nitrogens with one attached hydrogen (secondary N) is 1. The van der Waals surface area contributed by atoms with Crippen molar-refractivity contribution in [3.8, 4) is 5.75 Å². The first-order valence-electron chi connectivity index (χ1n) is 8.40. The van der Waals surface area contributed by atoms with Crippen molar-refractivity contribution >= 4 is 11.8 Å². The topological polar surface area (TPSA) is 58.6 Å². The highest BCUT2D eigenvalue weighted by atomic mass is 19.1. The number of carbonyl (C=O) groups excluding carboxylic acids is 2. The smallest absolute Gasteiger partial charge is 0.258 e. The first-order valence-corrected chi connectivity index (χ1v) is 8.40.